The molecule has 1 unspecified atom stereocenters. The second-order valence-electron chi connectivity index (χ2n) is 13.1. The van der Waals surface area contributed by atoms with Gasteiger partial charge in [0.05, 0.1) is 11.6 Å². The van der Waals surface area contributed by atoms with Crippen LogP contribution in [0.4, 0.5) is 13.9 Å². The number of alkyl halides is 2. The quantitative estimate of drug-likeness (QED) is 0.307. The zero-order chi connectivity index (χ0) is 29.7. The van der Waals surface area contributed by atoms with Crippen molar-refractivity contribution in [2.45, 2.75) is 77.0 Å². The molecule has 2 aromatic carbocycles. The number of carboxylic acid groups (broad SMARTS) is 1. The van der Waals surface area contributed by atoms with Gasteiger partial charge < -0.3 is 14.7 Å². The Labute approximate surface area is 255 Å². The molecule has 2 aliphatic heterocycles. The summed E-state index contributed by atoms with van der Waals surface area (Å²) in [6, 6.07) is 13.0. The first-order valence-electron chi connectivity index (χ1n) is 15.6. The number of aliphatic carboxylic acids is 1. The minimum atomic E-state index is -2.49. The molecular formula is C34H39F2N3O3S. The largest absolute Gasteiger partial charge is 0.488 e. The summed E-state index contributed by atoms with van der Waals surface area (Å²) in [5.74, 6) is -2.17. The van der Waals surface area contributed by atoms with Crippen molar-refractivity contribution in [3.05, 3.63) is 64.0 Å². The minimum absolute atomic E-state index is 0.00686. The number of carbonyl (C=O) groups is 1. The van der Waals surface area contributed by atoms with Crippen LogP contribution in [0.3, 0.4) is 0 Å². The van der Waals surface area contributed by atoms with Gasteiger partial charge in [0.15, 0.2) is 5.13 Å². The van der Waals surface area contributed by atoms with Gasteiger partial charge in [-0.1, -0.05) is 29.8 Å². The Hall–Kier alpha value is -3.04. The maximum atomic E-state index is 13.7. The molecule has 3 aromatic rings. The van der Waals surface area contributed by atoms with Crippen LogP contribution in [-0.4, -0.2) is 52.6 Å². The van der Waals surface area contributed by atoms with Crippen LogP contribution in [0.1, 0.15) is 60.8 Å². The van der Waals surface area contributed by atoms with Crippen LogP contribution in [0.2, 0.25) is 0 Å². The van der Waals surface area contributed by atoms with Crippen LogP contribution >= 0.6 is 11.3 Å². The van der Waals surface area contributed by atoms with E-state index in [1.807, 2.05) is 6.07 Å². The Kier molecular flexibility index (Phi) is 7.66. The molecule has 0 amide bonds. The molecule has 3 fully saturated rings. The summed E-state index contributed by atoms with van der Waals surface area (Å²) >= 11 is 1.62. The number of benzene rings is 2. The van der Waals surface area contributed by atoms with Gasteiger partial charge in [0, 0.05) is 56.0 Å². The van der Waals surface area contributed by atoms with Gasteiger partial charge in [0.1, 0.15) is 12.4 Å². The molecule has 1 aromatic heterocycles. The molecule has 228 valence electrons. The van der Waals surface area contributed by atoms with Crippen molar-refractivity contribution in [1.29, 1.82) is 0 Å². The maximum absolute atomic E-state index is 13.7. The highest BCUT2D eigenvalue weighted by Gasteiger charge is 2.46. The highest BCUT2D eigenvalue weighted by atomic mass is 32.1. The highest BCUT2D eigenvalue weighted by Crippen LogP contribution is 2.44. The SMILES string of the molecule is Cc1ccc(OCc2ccc3c(c2)CCN(C2CCC(F)(F)CC2)C3)c(-c2csc(N3C[C@H]4CC[C@@H](C3)C4C(=O)O)n2)c1. The maximum Gasteiger partial charge on any atom is 0.307 e. The number of aromatic nitrogens is 1. The van der Waals surface area contributed by atoms with Crippen LogP contribution in [0.25, 0.3) is 11.3 Å². The molecule has 3 atom stereocenters. The second kappa shape index (κ2) is 11.5. The molecule has 43 heavy (non-hydrogen) atoms. The molecule has 1 saturated heterocycles. The second-order valence-corrected chi connectivity index (χ2v) is 13.9. The fourth-order valence-electron chi connectivity index (χ4n) is 7.87. The third-order valence-electron chi connectivity index (χ3n) is 10.2. The summed E-state index contributed by atoms with van der Waals surface area (Å²) in [4.78, 5) is 21.5. The highest BCUT2D eigenvalue weighted by molar-refractivity contribution is 7.14. The molecule has 2 aliphatic carbocycles. The third-order valence-corrected chi connectivity index (χ3v) is 11.1. The number of nitrogens with zero attached hydrogens (tertiary/aromatic N) is 3. The van der Waals surface area contributed by atoms with Gasteiger partial charge in [0.25, 0.3) is 0 Å². The number of aryl methyl sites for hydroxylation is 1. The number of thiazole rings is 1. The number of rotatable bonds is 7. The summed E-state index contributed by atoms with van der Waals surface area (Å²) in [5, 5.41) is 12.7. The number of hydrogen-bond donors (Lipinski definition) is 1. The summed E-state index contributed by atoms with van der Waals surface area (Å²) < 4.78 is 33.7. The van der Waals surface area contributed by atoms with Gasteiger partial charge in [-0.05, 0) is 79.7 Å². The lowest BCUT2D eigenvalue weighted by molar-refractivity contribution is -0.144. The smallest absolute Gasteiger partial charge is 0.307 e. The average molecular weight is 608 g/mol. The molecule has 3 heterocycles. The molecule has 7 rings (SSSR count). The first-order valence-corrected chi connectivity index (χ1v) is 16.5. The predicted octanol–water partition coefficient (Wildman–Crippen LogP) is 7.18. The van der Waals surface area contributed by atoms with E-state index in [0.29, 0.717) is 19.4 Å². The number of halogens is 2. The Morgan fingerprint density at radius 2 is 1.84 bits per heavy atom. The van der Waals surface area contributed by atoms with Crippen molar-refractivity contribution in [2.75, 3.05) is 24.5 Å². The lowest BCUT2D eigenvalue weighted by atomic mass is 9.85. The molecule has 2 saturated carbocycles. The molecule has 9 heteroatoms. The van der Waals surface area contributed by atoms with E-state index in [-0.39, 0.29) is 36.6 Å². The first-order chi connectivity index (χ1) is 20.7. The van der Waals surface area contributed by atoms with Crippen molar-refractivity contribution in [3.8, 4) is 17.0 Å². The zero-order valence-electron chi connectivity index (χ0n) is 24.6. The number of fused-ring (bicyclic) bond motifs is 3. The van der Waals surface area contributed by atoms with E-state index in [9.17, 15) is 18.7 Å². The number of hydrogen-bond acceptors (Lipinski definition) is 6. The molecule has 4 aliphatic rings. The van der Waals surface area contributed by atoms with Gasteiger partial charge in [-0.15, -0.1) is 11.3 Å². The molecule has 0 radical (unpaired) electrons. The first kappa shape index (κ1) is 28.7. The van der Waals surface area contributed by atoms with E-state index in [1.165, 1.54) is 11.1 Å². The van der Waals surface area contributed by atoms with Gasteiger partial charge in [-0.3, -0.25) is 9.69 Å². The third kappa shape index (κ3) is 5.90. The number of carboxylic acids is 1. The minimum Gasteiger partial charge on any atom is -0.488 e. The predicted molar refractivity (Wildman–Crippen MR) is 164 cm³/mol. The number of piperidine rings is 1. The summed E-state index contributed by atoms with van der Waals surface area (Å²) in [5.41, 5.74) is 6.73. The molecule has 0 spiro atoms. The molecule has 6 nitrogen and oxygen atoms in total. The number of ether oxygens (including phenoxy) is 1. The summed E-state index contributed by atoms with van der Waals surface area (Å²) in [6.45, 7) is 5.77. The topological polar surface area (TPSA) is 65.9 Å². The van der Waals surface area contributed by atoms with Gasteiger partial charge in [0.2, 0.25) is 5.92 Å². The van der Waals surface area contributed by atoms with Crippen molar-refractivity contribution >= 4 is 22.4 Å². The lowest BCUT2D eigenvalue weighted by Gasteiger charge is -2.39. The number of anilines is 1. The molecule has 1 N–H and O–H groups in total. The van der Waals surface area contributed by atoms with Crippen molar-refractivity contribution in [3.63, 3.8) is 0 Å². The van der Waals surface area contributed by atoms with Crippen molar-refractivity contribution in [2.24, 2.45) is 17.8 Å². The van der Waals surface area contributed by atoms with Gasteiger partial charge in [-0.25, -0.2) is 13.8 Å². The van der Waals surface area contributed by atoms with Crippen LogP contribution < -0.4 is 9.64 Å². The van der Waals surface area contributed by atoms with Crippen molar-refractivity contribution < 1.29 is 23.4 Å². The van der Waals surface area contributed by atoms with Gasteiger partial charge >= 0.3 is 5.97 Å². The van der Waals surface area contributed by atoms with E-state index in [1.54, 1.807) is 11.3 Å². The molecule has 2 bridgehead atoms. The van der Waals surface area contributed by atoms with E-state index in [4.69, 9.17) is 9.72 Å². The fraction of sp³-hybridized carbons (Fsp3) is 0.529. The monoisotopic (exact) mass is 607 g/mol. The van der Waals surface area contributed by atoms with E-state index in [0.717, 1.165) is 78.7 Å². The van der Waals surface area contributed by atoms with E-state index >= 15 is 0 Å². The summed E-state index contributed by atoms with van der Waals surface area (Å²) in [7, 11) is 0. The fourth-order valence-corrected chi connectivity index (χ4v) is 8.71. The Morgan fingerprint density at radius 3 is 2.58 bits per heavy atom. The van der Waals surface area contributed by atoms with E-state index < -0.39 is 11.9 Å². The van der Waals surface area contributed by atoms with Crippen LogP contribution in [0.5, 0.6) is 5.75 Å². The Bertz CT molecular complexity index is 1490. The van der Waals surface area contributed by atoms with E-state index in [2.05, 4.69) is 52.4 Å². The Morgan fingerprint density at radius 1 is 1.07 bits per heavy atom. The van der Waals surface area contributed by atoms with Crippen LogP contribution in [0.15, 0.2) is 41.8 Å². The normalized spacial score (nSPS) is 25.5. The molecular weight excluding hydrogens is 568 g/mol. The van der Waals surface area contributed by atoms with Crippen LogP contribution in [-0.2, 0) is 24.4 Å². The van der Waals surface area contributed by atoms with Crippen LogP contribution in [0, 0.1) is 24.7 Å². The Balaban J connectivity index is 1.02. The van der Waals surface area contributed by atoms with Crippen molar-refractivity contribution in [1.82, 2.24) is 9.88 Å². The standard InChI is InChI=1S/C34H39F2N3O3S/c1-21-2-7-30(28(14-21)29-20-43-33(37-29)39-17-25-5-6-26(18-39)31(25)32(40)41)42-19-22-3-4-24-16-38(13-10-23(24)15-22)27-8-11-34(35,36)12-9-27/h2-4,7,14-15,20,25-27,31H,5-6,8-13,16-19H2,1H3,(H,40,41)/t25-,26+,31?. The lowest BCUT2D eigenvalue weighted by Crippen LogP contribution is -2.44. The van der Waals surface area contributed by atoms with Gasteiger partial charge in [-0.2, -0.15) is 0 Å². The summed E-state index contributed by atoms with van der Waals surface area (Å²) in [6.07, 6.45) is 4.07. The average Bonchev–Trinajstić information content (AvgIpc) is 3.59. The zero-order valence-corrected chi connectivity index (χ0v) is 25.4.